The smallest absolute Gasteiger partial charge is 0.411 e. The van der Waals surface area contributed by atoms with Gasteiger partial charge in [-0.2, -0.15) is 0 Å². The van der Waals surface area contributed by atoms with Crippen LogP contribution >= 0.6 is 0 Å². The third kappa shape index (κ3) is 5.49. The van der Waals surface area contributed by atoms with E-state index in [-0.39, 0.29) is 42.5 Å². The molecule has 1 aliphatic heterocycles. The van der Waals surface area contributed by atoms with Gasteiger partial charge >= 0.3 is 17.7 Å². The zero-order valence-electron chi connectivity index (χ0n) is 18.6. The van der Waals surface area contributed by atoms with Crippen molar-refractivity contribution in [1.29, 1.82) is 0 Å². The monoisotopic (exact) mass is 499 g/mol. The zero-order chi connectivity index (χ0) is 25.0. The summed E-state index contributed by atoms with van der Waals surface area (Å²) in [6, 6.07) is 12.3. The van der Waals surface area contributed by atoms with Crippen LogP contribution in [0.25, 0.3) is 11.0 Å². The van der Waals surface area contributed by atoms with Gasteiger partial charge in [0, 0.05) is 34.3 Å². The number of nitrogens with zero attached hydrogens (tertiary/aromatic N) is 1. The minimum Gasteiger partial charge on any atom is -0.461 e. The molecular weight excluding hydrogens is 478 g/mol. The van der Waals surface area contributed by atoms with Gasteiger partial charge in [0.05, 0.1) is 24.5 Å². The van der Waals surface area contributed by atoms with Crippen LogP contribution < -0.4 is 15.7 Å². The Balaban J connectivity index is 1.39. The molecule has 1 aromatic heterocycles. The number of anilines is 1. The number of sulfonamides is 1. The zero-order valence-corrected chi connectivity index (χ0v) is 19.4. The summed E-state index contributed by atoms with van der Waals surface area (Å²) in [5, 5.41) is 3.05. The summed E-state index contributed by atoms with van der Waals surface area (Å²) in [7, 11) is -3.66. The number of esters is 1. The van der Waals surface area contributed by atoms with E-state index in [4.69, 9.17) is 13.9 Å². The van der Waals surface area contributed by atoms with Gasteiger partial charge in [0.1, 0.15) is 18.0 Å². The van der Waals surface area contributed by atoms with Gasteiger partial charge in [-0.05, 0) is 31.2 Å². The lowest BCUT2D eigenvalue weighted by Gasteiger charge is -2.09. The molecule has 2 aromatic carbocycles. The average Bonchev–Trinajstić information content (AvgIpc) is 3.07. The second-order valence-corrected chi connectivity index (χ2v) is 9.04. The van der Waals surface area contributed by atoms with Crippen LogP contribution in [0, 0.1) is 0 Å². The van der Waals surface area contributed by atoms with E-state index in [1.807, 2.05) is 0 Å². The first-order valence-corrected chi connectivity index (χ1v) is 12.1. The Labute approximate surface area is 199 Å². The number of ether oxygens (including phenoxy) is 2. The van der Waals surface area contributed by atoms with Gasteiger partial charge in [-0.15, -0.1) is 0 Å². The van der Waals surface area contributed by atoms with Gasteiger partial charge in [0.25, 0.3) is 10.0 Å². The third-order valence-electron chi connectivity index (χ3n) is 4.99. The number of amidine groups is 1. The summed E-state index contributed by atoms with van der Waals surface area (Å²) in [4.78, 5) is 40.1. The molecule has 2 N–H and O–H groups in total. The van der Waals surface area contributed by atoms with Crippen molar-refractivity contribution < 1.29 is 31.9 Å². The molecule has 0 bridgehead atoms. The van der Waals surface area contributed by atoms with Gasteiger partial charge in [0.2, 0.25) is 0 Å². The van der Waals surface area contributed by atoms with Crippen LogP contribution in [-0.2, 0) is 30.9 Å². The van der Waals surface area contributed by atoms with Crippen molar-refractivity contribution in [2.24, 2.45) is 4.99 Å². The van der Waals surface area contributed by atoms with Crippen LogP contribution in [0.15, 0.2) is 67.6 Å². The highest BCUT2D eigenvalue weighted by molar-refractivity contribution is 7.90. The molecule has 11 nitrogen and oxygen atoms in total. The molecular formula is C23H21N3O8S. The van der Waals surface area contributed by atoms with Crippen LogP contribution in [0.5, 0.6) is 0 Å². The average molecular weight is 500 g/mol. The van der Waals surface area contributed by atoms with Crippen molar-refractivity contribution >= 4 is 44.6 Å². The highest BCUT2D eigenvalue weighted by Gasteiger charge is 2.30. The fourth-order valence-corrected chi connectivity index (χ4v) is 4.70. The molecule has 0 aliphatic carbocycles. The molecule has 35 heavy (non-hydrogen) atoms. The summed E-state index contributed by atoms with van der Waals surface area (Å²) in [6.07, 6.45) is -0.739. The lowest BCUT2D eigenvalue weighted by atomic mass is 10.1. The maximum atomic E-state index is 12.2. The summed E-state index contributed by atoms with van der Waals surface area (Å²) < 4.78 is 41.9. The van der Waals surface area contributed by atoms with Crippen molar-refractivity contribution in [2.45, 2.75) is 24.8 Å². The Morgan fingerprint density at radius 3 is 2.71 bits per heavy atom. The van der Waals surface area contributed by atoms with E-state index >= 15 is 0 Å². The van der Waals surface area contributed by atoms with E-state index in [0.717, 1.165) is 0 Å². The van der Waals surface area contributed by atoms with Gasteiger partial charge in [0.15, 0.2) is 0 Å². The second-order valence-electron chi connectivity index (χ2n) is 7.39. The lowest BCUT2D eigenvalue weighted by Crippen LogP contribution is -2.22. The van der Waals surface area contributed by atoms with Crippen LogP contribution in [0.1, 0.15) is 24.5 Å². The first-order chi connectivity index (χ1) is 16.8. The normalized spacial score (nSPS) is 14.8. The number of hydrogen-bond acceptors (Lipinski definition) is 9. The molecule has 0 radical (unpaired) electrons. The van der Waals surface area contributed by atoms with Crippen molar-refractivity contribution in [3.63, 3.8) is 0 Å². The van der Waals surface area contributed by atoms with E-state index < -0.39 is 27.7 Å². The van der Waals surface area contributed by atoms with Crippen LogP contribution in [0.4, 0.5) is 10.5 Å². The summed E-state index contributed by atoms with van der Waals surface area (Å²) in [5.74, 6) is -0.405. The van der Waals surface area contributed by atoms with E-state index in [2.05, 4.69) is 15.0 Å². The largest absolute Gasteiger partial charge is 0.461 e. The Bertz CT molecular complexity index is 1490. The van der Waals surface area contributed by atoms with Crippen LogP contribution in [0.3, 0.4) is 0 Å². The molecule has 0 atom stereocenters. The highest BCUT2D eigenvalue weighted by atomic mass is 32.2. The topological polar surface area (TPSA) is 153 Å². The minimum absolute atomic E-state index is 0.00554. The second kappa shape index (κ2) is 9.97. The molecule has 12 heteroatoms. The molecule has 0 saturated heterocycles. The van der Waals surface area contributed by atoms with Crippen molar-refractivity contribution in [1.82, 2.24) is 4.72 Å². The number of hydrogen-bond donors (Lipinski definition) is 2. The summed E-state index contributed by atoms with van der Waals surface area (Å²) >= 11 is 0. The Hall–Kier alpha value is -4.19. The van der Waals surface area contributed by atoms with E-state index in [9.17, 15) is 22.8 Å². The molecule has 3 aromatic rings. The number of benzene rings is 2. The first-order valence-electron chi connectivity index (χ1n) is 10.6. The molecule has 0 saturated carbocycles. The van der Waals surface area contributed by atoms with Crippen molar-refractivity contribution in [2.75, 3.05) is 18.5 Å². The minimum atomic E-state index is -3.66. The van der Waals surface area contributed by atoms with Gasteiger partial charge in [-0.1, -0.05) is 12.1 Å². The standard InChI is InChI=1S/C23H21N3O8S/c1-2-32-23(29)25-15-7-8-16-14(11-21(28)34-18(16)12-15)13-33-20(27)9-10-24-22-17-5-3-4-6-19(17)35(30,31)26-22/h3-8,11-12H,2,9-10,13H2,1H3,(H,24,26)(H,25,29). The third-order valence-corrected chi connectivity index (χ3v) is 6.39. The van der Waals surface area contributed by atoms with Crippen molar-refractivity contribution in [3.8, 4) is 0 Å². The van der Waals surface area contributed by atoms with Crippen molar-refractivity contribution in [3.05, 3.63) is 70.1 Å². The van der Waals surface area contributed by atoms with E-state index in [1.165, 1.54) is 18.2 Å². The maximum absolute atomic E-state index is 12.2. The van der Waals surface area contributed by atoms with Gasteiger partial charge < -0.3 is 13.9 Å². The molecule has 0 fully saturated rings. The number of amides is 1. The predicted molar refractivity (Wildman–Crippen MR) is 126 cm³/mol. The molecule has 182 valence electrons. The number of fused-ring (bicyclic) bond motifs is 2. The number of nitrogens with one attached hydrogen (secondary N) is 2. The fraction of sp³-hybridized carbons (Fsp3) is 0.217. The van der Waals surface area contributed by atoms with Gasteiger partial charge in [-0.25, -0.2) is 18.0 Å². The Kier molecular flexibility index (Phi) is 6.82. The molecule has 0 unspecified atom stereocenters. The van der Waals surface area contributed by atoms with Gasteiger partial charge in [-0.3, -0.25) is 19.8 Å². The SMILES string of the molecule is CCOC(=O)Nc1ccc2c(COC(=O)CCN=C3NS(=O)(=O)c4ccccc43)cc(=O)oc2c1. The Morgan fingerprint density at radius 2 is 1.91 bits per heavy atom. The number of carbonyl (C=O) groups excluding carboxylic acids is 2. The van der Waals surface area contributed by atoms with Crippen LogP contribution in [0.2, 0.25) is 0 Å². The highest BCUT2D eigenvalue weighted by Crippen LogP contribution is 2.23. The molecule has 2 heterocycles. The molecule has 1 aliphatic rings. The summed E-state index contributed by atoms with van der Waals surface area (Å²) in [5.41, 5.74) is 0.805. The number of aliphatic imine (C=N–C) groups is 1. The lowest BCUT2D eigenvalue weighted by molar-refractivity contribution is -0.144. The molecule has 4 rings (SSSR count). The first kappa shape index (κ1) is 24.0. The van der Waals surface area contributed by atoms with Crippen LogP contribution in [-0.4, -0.2) is 39.5 Å². The quantitative estimate of drug-likeness (QED) is 0.371. The Morgan fingerprint density at radius 1 is 1.11 bits per heavy atom. The number of rotatable bonds is 7. The summed E-state index contributed by atoms with van der Waals surface area (Å²) in [6.45, 7) is 1.71. The molecule has 1 amide bonds. The molecule has 0 spiro atoms. The predicted octanol–water partition coefficient (Wildman–Crippen LogP) is 2.53. The maximum Gasteiger partial charge on any atom is 0.411 e. The fourth-order valence-electron chi connectivity index (χ4n) is 3.45. The van der Waals surface area contributed by atoms with E-state index in [1.54, 1.807) is 37.3 Å². The van der Waals surface area contributed by atoms with E-state index in [0.29, 0.717) is 22.2 Å². The number of carbonyl (C=O) groups is 2.